The number of carbonyl (C=O) groups is 1. The number of rotatable bonds is 3. The summed E-state index contributed by atoms with van der Waals surface area (Å²) in [6, 6.07) is 3.29. The van der Waals surface area contributed by atoms with Gasteiger partial charge in [-0.15, -0.1) is 0 Å². The van der Waals surface area contributed by atoms with E-state index in [1.807, 2.05) is 7.05 Å². The van der Waals surface area contributed by atoms with Gasteiger partial charge in [-0.25, -0.2) is 8.78 Å². The molecule has 1 amide bonds. The van der Waals surface area contributed by atoms with Crippen LogP contribution in [-0.4, -0.2) is 41.5 Å². The van der Waals surface area contributed by atoms with Crippen LogP contribution in [-0.2, 0) is 0 Å². The minimum atomic E-state index is -0.904. The second-order valence-electron chi connectivity index (χ2n) is 5.30. The first-order valence-corrected chi connectivity index (χ1v) is 7.01. The summed E-state index contributed by atoms with van der Waals surface area (Å²) in [6.07, 6.45) is 1.03. The topological polar surface area (TPSA) is 58.4 Å². The van der Waals surface area contributed by atoms with Crippen LogP contribution in [0.3, 0.4) is 0 Å². The molecule has 0 aromatic heterocycles. The average molecular weight is 313 g/mol. The number of nitrogens with zero attached hydrogens (tertiary/aromatic N) is 1. The smallest absolute Gasteiger partial charge is 0.258 e. The number of thiocarbonyl (C=S) groups is 1. The Morgan fingerprint density at radius 1 is 1.33 bits per heavy atom. The van der Waals surface area contributed by atoms with Gasteiger partial charge in [0.2, 0.25) is 0 Å². The van der Waals surface area contributed by atoms with Gasteiger partial charge in [0.15, 0.2) is 0 Å². The van der Waals surface area contributed by atoms with E-state index in [0.29, 0.717) is 25.9 Å². The van der Waals surface area contributed by atoms with Crippen molar-refractivity contribution in [1.29, 1.82) is 0 Å². The van der Waals surface area contributed by atoms with Gasteiger partial charge >= 0.3 is 0 Å². The molecule has 0 bridgehead atoms. The number of amides is 1. The Morgan fingerprint density at radius 2 is 1.86 bits per heavy atom. The predicted octanol–water partition coefficient (Wildman–Crippen LogP) is 1.45. The van der Waals surface area contributed by atoms with E-state index >= 15 is 0 Å². The Balaban J connectivity index is 2.26. The molecule has 0 unspecified atom stereocenters. The standard InChI is InChI=1S/C14H17F2N3OS/c1-19-7-5-14(6-8-19,13(17)21)18-12(20)11-9(15)3-2-4-10(11)16/h2-4H,5-8H2,1H3,(H2,17,21)(H,18,20). The first-order valence-electron chi connectivity index (χ1n) is 6.61. The molecule has 0 saturated carbocycles. The summed E-state index contributed by atoms with van der Waals surface area (Å²) >= 11 is 5.06. The van der Waals surface area contributed by atoms with Crippen LogP contribution >= 0.6 is 12.2 Å². The quantitative estimate of drug-likeness (QED) is 0.829. The lowest BCUT2D eigenvalue weighted by atomic mass is 9.87. The first-order chi connectivity index (χ1) is 9.85. The normalized spacial score (nSPS) is 18.2. The summed E-state index contributed by atoms with van der Waals surface area (Å²) in [5.74, 6) is -2.64. The lowest BCUT2D eigenvalue weighted by Crippen LogP contribution is -2.61. The van der Waals surface area contributed by atoms with Crippen molar-refractivity contribution in [3.63, 3.8) is 0 Å². The Bertz CT molecular complexity index is 551. The number of hydrogen-bond donors (Lipinski definition) is 2. The van der Waals surface area contributed by atoms with E-state index in [-0.39, 0.29) is 4.99 Å². The van der Waals surface area contributed by atoms with E-state index in [1.54, 1.807) is 0 Å². The highest BCUT2D eigenvalue weighted by molar-refractivity contribution is 7.80. The lowest BCUT2D eigenvalue weighted by Gasteiger charge is -2.40. The molecule has 1 heterocycles. The van der Waals surface area contributed by atoms with Crippen LogP contribution in [0.5, 0.6) is 0 Å². The second-order valence-corrected chi connectivity index (χ2v) is 5.74. The highest BCUT2D eigenvalue weighted by atomic mass is 32.1. The average Bonchev–Trinajstić information content (AvgIpc) is 2.41. The summed E-state index contributed by atoms with van der Waals surface area (Å²) in [7, 11) is 1.95. The monoisotopic (exact) mass is 313 g/mol. The number of carbonyl (C=O) groups excluding carboxylic acids is 1. The number of halogens is 2. The zero-order chi connectivity index (χ0) is 15.6. The molecule has 1 aliphatic rings. The van der Waals surface area contributed by atoms with Gasteiger partial charge in [-0.2, -0.15) is 0 Å². The van der Waals surface area contributed by atoms with Crippen LogP contribution in [0.1, 0.15) is 23.2 Å². The molecule has 3 N–H and O–H groups in total. The first kappa shape index (κ1) is 15.8. The van der Waals surface area contributed by atoms with Gasteiger partial charge in [0, 0.05) is 13.1 Å². The summed E-state index contributed by atoms with van der Waals surface area (Å²) < 4.78 is 27.3. The maximum absolute atomic E-state index is 13.7. The molecule has 0 aliphatic carbocycles. The van der Waals surface area contributed by atoms with Gasteiger partial charge in [-0.1, -0.05) is 18.3 Å². The van der Waals surface area contributed by atoms with Crippen LogP contribution in [0.25, 0.3) is 0 Å². The Kier molecular flexibility index (Phi) is 4.53. The van der Waals surface area contributed by atoms with Gasteiger partial charge in [0.05, 0.1) is 10.5 Å². The molecule has 1 aromatic rings. The molecule has 0 atom stereocenters. The largest absolute Gasteiger partial charge is 0.391 e. The van der Waals surface area contributed by atoms with E-state index < -0.39 is 28.6 Å². The third-order valence-corrected chi connectivity index (χ3v) is 4.25. The fourth-order valence-corrected chi connectivity index (χ4v) is 2.68. The zero-order valence-corrected chi connectivity index (χ0v) is 12.5. The summed E-state index contributed by atoms with van der Waals surface area (Å²) in [6.45, 7) is 1.38. The third-order valence-electron chi connectivity index (χ3n) is 3.85. The molecule has 1 fully saturated rings. The van der Waals surface area contributed by atoms with Crippen molar-refractivity contribution in [2.24, 2.45) is 5.73 Å². The van der Waals surface area contributed by atoms with E-state index in [9.17, 15) is 13.6 Å². The van der Waals surface area contributed by atoms with Crippen LogP contribution in [0.2, 0.25) is 0 Å². The van der Waals surface area contributed by atoms with Gasteiger partial charge < -0.3 is 16.0 Å². The summed E-state index contributed by atoms with van der Waals surface area (Å²) in [4.78, 5) is 14.4. The van der Waals surface area contributed by atoms with Crippen LogP contribution in [0.4, 0.5) is 8.78 Å². The number of likely N-dealkylation sites (tertiary alicyclic amines) is 1. The van der Waals surface area contributed by atoms with Crippen molar-refractivity contribution in [2.45, 2.75) is 18.4 Å². The van der Waals surface area contributed by atoms with Crippen molar-refractivity contribution in [3.05, 3.63) is 35.4 Å². The molecule has 0 radical (unpaired) electrons. The molecular weight excluding hydrogens is 296 g/mol. The molecule has 114 valence electrons. The molecule has 4 nitrogen and oxygen atoms in total. The molecule has 2 rings (SSSR count). The fraction of sp³-hybridized carbons (Fsp3) is 0.429. The number of benzene rings is 1. The number of piperidine rings is 1. The van der Waals surface area contributed by atoms with E-state index in [2.05, 4.69) is 10.2 Å². The van der Waals surface area contributed by atoms with E-state index in [4.69, 9.17) is 18.0 Å². The highest BCUT2D eigenvalue weighted by Crippen LogP contribution is 2.23. The minimum absolute atomic E-state index is 0.140. The number of nitrogens with one attached hydrogen (secondary N) is 1. The Labute approximate surface area is 127 Å². The van der Waals surface area contributed by atoms with Crippen molar-refractivity contribution in [2.75, 3.05) is 20.1 Å². The maximum Gasteiger partial charge on any atom is 0.258 e. The van der Waals surface area contributed by atoms with Gasteiger partial charge in [-0.05, 0) is 32.0 Å². The van der Waals surface area contributed by atoms with Crippen molar-refractivity contribution in [1.82, 2.24) is 10.2 Å². The Hall–Kier alpha value is -1.60. The Morgan fingerprint density at radius 3 is 2.33 bits per heavy atom. The minimum Gasteiger partial charge on any atom is -0.391 e. The molecule has 1 saturated heterocycles. The van der Waals surface area contributed by atoms with Crippen molar-refractivity contribution in [3.8, 4) is 0 Å². The van der Waals surface area contributed by atoms with Crippen molar-refractivity contribution < 1.29 is 13.6 Å². The van der Waals surface area contributed by atoms with E-state index in [0.717, 1.165) is 12.1 Å². The molecular formula is C14H17F2N3OS. The van der Waals surface area contributed by atoms with Crippen LogP contribution in [0.15, 0.2) is 18.2 Å². The molecule has 0 spiro atoms. The highest BCUT2D eigenvalue weighted by Gasteiger charge is 2.39. The number of nitrogens with two attached hydrogens (primary N) is 1. The molecule has 1 aromatic carbocycles. The van der Waals surface area contributed by atoms with Gasteiger partial charge in [-0.3, -0.25) is 4.79 Å². The zero-order valence-electron chi connectivity index (χ0n) is 11.7. The van der Waals surface area contributed by atoms with E-state index in [1.165, 1.54) is 6.07 Å². The van der Waals surface area contributed by atoms with Crippen LogP contribution < -0.4 is 11.1 Å². The molecule has 7 heteroatoms. The summed E-state index contributed by atoms with van der Waals surface area (Å²) in [5, 5.41) is 2.64. The van der Waals surface area contributed by atoms with Gasteiger partial charge in [0.1, 0.15) is 17.2 Å². The molecule has 1 aliphatic heterocycles. The lowest BCUT2D eigenvalue weighted by molar-refractivity contribution is 0.0881. The third kappa shape index (κ3) is 3.19. The van der Waals surface area contributed by atoms with Crippen LogP contribution in [0, 0.1) is 11.6 Å². The second kappa shape index (κ2) is 6.03. The van der Waals surface area contributed by atoms with Gasteiger partial charge in [0.25, 0.3) is 5.91 Å². The predicted molar refractivity (Wildman–Crippen MR) is 80.1 cm³/mol. The SMILES string of the molecule is CN1CCC(NC(=O)c2c(F)cccc2F)(C(N)=S)CC1. The molecule has 21 heavy (non-hydrogen) atoms. The van der Waals surface area contributed by atoms with Crippen molar-refractivity contribution >= 4 is 23.1 Å². The number of hydrogen-bond acceptors (Lipinski definition) is 3. The maximum atomic E-state index is 13.7. The fourth-order valence-electron chi connectivity index (χ4n) is 2.43. The summed E-state index contributed by atoms with van der Waals surface area (Å²) in [5.41, 5.74) is 4.26.